The molecule has 0 aromatic carbocycles. The van der Waals surface area contributed by atoms with Crippen molar-refractivity contribution in [1.29, 1.82) is 0 Å². The highest BCUT2D eigenvalue weighted by Crippen LogP contribution is 2.03. The van der Waals surface area contributed by atoms with E-state index in [0.29, 0.717) is 0 Å². The van der Waals surface area contributed by atoms with Crippen molar-refractivity contribution in [2.24, 2.45) is 0 Å². The van der Waals surface area contributed by atoms with Gasteiger partial charge in [0.05, 0.1) is 0 Å². The monoisotopic (exact) mass is 228 g/mol. The lowest BCUT2D eigenvalue weighted by Gasteiger charge is -2.34. The average Bonchev–Trinajstić information content (AvgIpc) is 2.31. The number of nitrogens with zero attached hydrogens (tertiary/aromatic N) is 2. The predicted octanol–water partition coefficient (Wildman–Crippen LogP) is 1.83. The zero-order chi connectivity index (χ0) is 11.6. The quantitative estimate of drug-likeness (QED) is 0.590. The number of rotatable bonds is 8. The summed E-state index contributed by atoms with van der Waals surface area (Å²) in [6.45, 7) is 13.8. The van der Waals surface area contributed by atoms with Gasteiger partial charge in [-0.1, -0.05) is 13.8 Å². The molecule has 0 saturated carbocycles. The van der Waals surface area contributed by atoms with E-state index in [1.807, 2.05) is 0 Å². The second kappa shape index (κ2) is 8.97. The molecule has 0 atom stereocenters. The van der Waals surface area contributed by atoms with Crippen LogP contribution in [0.15, 0.2) is 0 Å². The van der Waals surface area contributed by atoms with Crippen LogP contribution in [0.5, 0.6) is 0 Å². The van der Waals surface area contributed by atoms with Crippen molar-refractivity contribution in [2.75, 3.05) is 52.5 Å². The lowest BCUT2D eigenvalue weighted by Crippen LogP contribution is -2.46. The summed E-state index contributed by atoms with van der Waals surface area (Å²) < 4.78 is 5.50. The second-order valence-corrected chi connectivity index (χ2v) is 4.65. The zero-order valence-corrected chi connectivity index (χ0v) is 11.1. The molecule has 3 nitrogen and oxygen atoms in total. The Morgan fingerprint density at radius 3 is 2.00 bits per heavy atom. The van der Waals surface area contributed by atoms with Gasteiger partial charge in [-0.15, -0.1) is 0 Å². The van der Waals surface area contributed by atoms with Crippen LogP contribution in [0, 0.1) is 0 Å². The van der Waals surface area contributed by atoms with Gasteiger partial charge in [-0.05, 0) is 25.8 Å². The van der Waals surface area contributed by atoms with Crippen LogP contribution in [0.4, 0.5) is 0 Å². The smallest absolute Gasteiger partial charge is 0.0478 e. The molecule has 1 saturated heterocycles. The van der Waals surface area contributed by atoms with Crippen molar-refractivity contribution in [2.45, 2.75) is 33.1 Å². The van der Waals surface area contributed by atoms with E-state index >= 15 is 0 Å². The summed E-state index contributed by atoms with van der Waals surface area (Å²) >= 11 is 0. The highest BCUT2D eigenvalue weighted by Gasteiger charge is 2.14. The second-order valence-electron chi connectivity index (χ2n) is 4.65. The van der Waals surface area contributed by atoms with Gasteiger partial charge in [-0.25, -0.2) is 0 Å². The summed E-state index contributed by atoms with van der Waals surface area (Å²) in [5, 5.41) is 0. The number of piperazine rings is 1. The van der Waals surface area contributed by atoms with Crippen LogP contribution >= 0.6 is 0 Å². The molecule has 0 spiro atoms. The predicted molar refractivity (Wildman–Crippen MR) is 68.9 cm³/mol. The minimum absolute atomic E-state index is 0.921. The maximum Gasteiger partial charge on any atom is 0.0478 e. The Balaban J connectivity index is 1.95. The molecule has 0 radical (unpaired) electrons. The lowest BCUT2D eigenvalue weighted by molar-refractivity contribution is 0.0994. The van der Waals surface area contributed by atoms with Crippen LogP contribution in [-0.2, 0) is 4.74 Å². The highest BCUT2D eigenvalue weighted by atomic mass is 16.5. The summed E-state index contributed by atoms with van der Waals surface area (Å²) in [5.41, 5.74) is 0. The molecule has 0 aromatic heterocycles. The molecule has 3 heteroatoms. The summed E-state index contributed by atoms with van der Waals surface area (Å²) in [6, 6.07) is 0. The molecule has 1 aliphatic rings. The van der Waals surface area contributed by atoms with E-state index in [1.165, 1.54) is 52.1 Å². The van der Waals surface area contributed by atoms with Gasteiger partial charge in [0.25, 0.3) is 0 Å². The molecule has 1 aliphatic heterocycles. The number of hydrogen-bond donors (Lipinski definition) is 0. The van der Waals surface area contributed by atoms with Gasteiger partial charge in [0.2, 0.25) is 0 Å². The molecule has 1 fully saturated rings. The highest BCUT2D eigenvalue weighted by molar-refractivity contribution is 4.71. The van der Waals surface area contributed by atoms with Crippen LogP contribution in [0.2, 0.25) is 0 Å². The molecule has 0 unspecified atom stereocenters. The first-order chi connectivity index (χ1) is 7.86. The Morgan fingerprint density at radius 1 is 0.812 bits per heavy atom. The maximum absolute atomic E-state index is 5.50. The first-order valence-electron chi connectivity index (χ1n) is 6.89. The first kappa shape index (κ1) is 13.9. The summed E-state index contributed by atoms with van der Waals surface area (Å²) in [5.74, 6) is 0. The summed E-state index contributed by atoms with van der Waals surface area (Å²) in [6.07, 6.45) is 3.61. The molecule has 0 bridgehead atoms. The van der Waals surface area contributed by atoms with Crippen LogP contribution < -0.4 is 0 Å². The van der Waals surface area contributed by atoms with E-state index in [9.17, 15) is 0 Å². The molecule has 1 heterocycles. The van der Waals surface area contributed by atoms with Crippen LogP contribution in [0.1, 0.15) is 33.1 Å². The number of hydrogen-bond acceptors (Lipinski definition) is 3. The third-order valence-electron chi connectivity index (χ3n) is 3.12. The van der Waals surface area contributed by atoms with E-state index in [4.69, 9.17) is 4.74 Å². The summed E-state index contributed by atoms with van der Waals surface area (Å²) in [7, 11) is 0. The minimum atomic E-state index is 0.921. The Labute approximate surface area is 101 Å². The van der Waals surface area contributed by atoms with Crippen LogP contribution in [0.3, 0.4) is 0 Å². The first-order valence-corrected chi connectivity index (χ1v) is 6.89. The minimum Gasteiger partial charge on any atom is -0.381 e. The molecule has 96 valence electrons. The van der Waals surface area contributed by atoms with E-state index < -0.39 is 0 Å². The van der Waals surface area contributed by atoms with Crippen molar-refractivity contribution in [3.05, 3.63) is 0 Å². The molecular weight excluding hydrogens is 200 g/mol. The van der Waals surface area contributed by atoms with E-state index in [1.54, 1.807) is 0 Å². The van der Waals surface area contributed by atoms with Gasteiger partial charge in [-0.2, -0.15) is 0 Å². The lowest BCUT2D eigenvalue weighted by atomic mass is 10.3. The topological polar surface area (TPSA) is 15.7 Å². The van der Waals surface area contributed by atoms with Crippen LogP contribution in [-0.4, -0.2) is 62.3 Å². The average molecular weight is 228 g/mol. The van der Waals surface area contributed by atoms with Crippen molar-refractivity contribution < 1.29 is 4.74 Å². The Hall–Kier alpha value is -0.120. The van der Waals surface area contributed by atoms with Crippen molar-refractivity contribution in [1.82, 2.24) is 9.80 Å². The van der Waals surface area contributed by atoms with Gasteiger partial charge in [0.1, 0.15) is 0 Å². The summed E-state index contributed by atoms with van der Waals surface area (Å²) in [4.78, 5) is 5.14. The third-order valence-corrected chi connectivity index (χ3v) is 3.12. The maximum atomic E-state index is 5.50. The molecule has 0 aromatic rings. The Morgan fingerprint density at radius 2 is 1.44 bits per heavy atom. The van der Waals surface area contributed by atoms with Crippen LogP contribution in [0.25, 0.3) is 0 Å². The zero-order valence-electron chi connectivity index (χ0n) is 11.1. The number of ether oxygens (including phenoxy) is 1. The SMILES string of the molecule is CCCOCCCN1CCN(CCC)CC1. The third kappa shape index (κ3) is 5.83. The standard InChI is InChI=1S/C13H28N2O/c1-3-6-14-8-10-15(11-9-14)7-5-13-16-12-4-2/h3-13H2,1-2H3. The molecule has 1 rings (SSSR count). The fraction of sp³-hybridized carbons (Fsp3) is 1.00. The van der Waals surface area contributed by atoms with Gasteiger partial charge >= 0.3 is 0 Å². The van der Waals surface area contributed by atoms with Gasteiger partial charge < -0.3 is 14.5 Å². The van der Waals surface area contributed by atoms with Crippen molar-refractivity contribution in [3.63, 3.8) is 0 Å². The Bertz CT molecular complexity index is 156. The Kier molecular flexibility index (Phi) is 7.81. The van der Waals surface area contributed by atoms with Gasteiger partial charge in [0, 0.05) is 45.9 Å². The van der Waals surface area contributed by atoms with Gasteiger partial charge in [-0.3, -0.25) is 0 Å². The molecule has 16 heavy (non-hydrogen) atoms. The molecular formula is C13H28N2O. The molecule has 0 amide bonds. The fourth-order valence-corrected chi connectivity index (χ4v) is 2.19. The molecule has 0 N–H and O–H groups in total. The van der Waals surface area contributed by atoms with Crippen molar-refractivity contribution in [3.8, 4) is 0 Å². The van der Waals surface area contributed by atoms with Crippen molar-refractivity contribution >= 4 is 0 Å². The normalized spacial score (nSPS) is 19.1. The van der Waals surface area contributed by atoms with E-state index in [2.05, 4.69) is 23.6 Å². The molecule has 0 aliphatic carbocycles. The largest absolute Gasteiger partial charge is 0.381 e. The fourth-order valence-electron chi connectivity index (χ4n) is 2.19. The van der Waals surface area contributed by atoms with E-state index in [-0.39, 0.29) is 0 Å². The van der Waals surface area contributed by atoms with Gasteiger partial charge in [0.15, 0.2) is 0 Å². The van der Waals surface area contributed by atoms with E-state index in [0.717, 1.165) is 19.6 Å².